The van der Waals surface area contributed by atoms with Gasteiger partial charge in [0, 0.05) is 17.5 Å². The number of thioether (sulfide) groups is 1. The molecule has 3 aromatic carbocycles. The third-order valence-electron chi connectivity index (χ3n) is 7.60. The van der Waals surface area contributed by atoms with Gasteiger partial charge in [0.2, 0.25) is 11.8 Å². The average Bonchev–Trinajstić information content (AvgIpc) is 3.50. The van der Waals surface area contributed by atoms with Crippen LogP contribution in [0.1, 0.15) is 50.2 Å². The van der Waals surface area contributed by atoms with Crippen LogP contribution in [-0.4, -0.2) is 50.0 Å². The summed E-state index contributed by atoms with van der Waals surface area (Å²) in [5.41, 5.74) is 1.92. The summed E-state index contributed by atoms with van der Waals surface area (Å²) in [6, 6.07) is 18.4. The Kier molecular flexibility index (Phi) is 10.7. The molecule has 0 heterocycles. The van der Waals surface area contributed by atoms with E-state index in [0.29, 0.717) is 17.7 Å². The molecule has 42 heavy (non-hydrogen) atoms. The summed E-state index contributed by atoms with van der Waals surface area (Å²) >= 11 is 1.50. The van der Waals surface area contributed by atoms with E-state index in [1.165, 1.54) is 40.9 Å². The Balaban J connectivity index is 1.70. The van der Waals surface area contributed by atoms with Gasteiger partial charge in [-0.25, -0.2) is 12.8 Å². The van der Waals surface area contributed by atoms with Gasteiger partial charge < -0.3 is 10.2 Å². The number of amides is 2. The smallest absolute Gasteiger partial charge is 0.264 e. The fourth-order valence-electron chi connectivity index (χ4n) is 5.19. The molecular weight excluding hydrogens is 574 g/mol. The Labute approximate surface area is 252 Å². The van der Waals surface area contributed by atoms with E-state index in [1.54, 1.807) is 48.5 Å². The van der Waals surface area contributed by atoms with Crippen molar-refractivity contribution in [2.24, 2.45) is 0 Å². The van der Waals surface area contributed by atoms with Gasteiger partial charge >= 0.3 is 0 Å². The lowest BCUT2D eigenvalue weighted by Gasteiger charge is -2.33. The van der Waals surface area contributed by atoms with Crippen LogP contribution >= 0.6 is 11.8 Å². The number of aryl methyl sites for hydroxylation is 1. The molecule has 1 fully saturated rings. The van der Waals surface area contributed by atoms with Crippen molar-refractivity contribution in [2.75, 3.05) is 17.1 Å². The van der Waals surface area contributed by atoms with E-state index in [-0.39, 0.29) is 23.4 Å². The van der Waals surface area contributed by atoms with Gasteiger partial charge in [-0.1, -0.05) is 49.6 Å². The molecule has 1 saturated carbocycles. The Morgan fingerprint density at radius 3 is 2.17 bits per heavy atom. The number of benzene rings is 3. The molecule has 224 valence electrons. The highest BCUT2D eigenvalue weighted by Crippen LogP contribution is 2.27. The van der Waals surface area contributed by atoms with Crippen LogP contribution < -0.4 is 9.62 Å². The van der Waals surface area contributed by atoms with Crippen LogP contribution in [0.15, 0.2) is 82.6 Å². The van der Waals surface area contributed by atoms with Crippen LogP contribution in [0, 0.1) is 12.7 Å². The monoisotopic (exact) mass is 611 g/mol. The molecule has 0 unspecified atom stereocenters. The summed E-state index contributed by atoms with van der Waals surface area (Å²) in [5.74, 6) is -1.21. The highest BCUT2D eigenvalue weighted by molar-refractivity contribution is 7.98. The number of rotatable bonds is 12. The number of sulfonamides is 1. The summed E-state index contributed by atoms with van der Waals surface area (Å²) in [7, 11) is -4.14. The van der Waals surface area contributed by atoms with Crippen LogP contribution in [0.3, 0.4) is 0 Å². The molecule has 1 aliphatic rings. The topological polar surface area (TPSA) is 86.8 Å². The first kappa shape index (κ1) is 31.6. The van der Waals surface area contributed by atoms with Crippen molar-refractivity contribution in [3.05, 3.63) is 89.7 Å². The minimum atomic E-state index is -4.14. The first-order valence-electron chi connectivity index (χ1n) is 14.2. The molecule has 2 amide bonds. The van der Waals surface area contributed by atoms with E-state index >= 15 is 0 Å². The van der Waals surface area contributed by atoms with Crippen molar-refractivity contribution in [3.63, 3.8) is 0 Å². The number of carbonyl (C=O) groups excluding carboxylic acids is 2. The zero-order chi connectivity index (χ0) is 30.3. The first-order valence-corrected chi connectivity index (χ1v) is 16.9. The number of hydrogen-bond donors (Lipinski definition) is 1. The average molecular weight is 612 g/mol. The molecule has 10 heteroatoms. The second-order valence-electron chi connectivity index (χ2n) is 10.6. The Hall–Kier alpha value is -3.37. The van der Waals surface area contributed by atoms with Crippen molar-refractivity contribution < 1.29 is 22.4 Å². The molecule has 4 rings (SSSR count). The first-order chi connectivity index (χ1) is 20.1. The van der Waals surface area contributed by atoms with E-state index in [2.05, 4.69) is 5.32 Å². The van der Waals surface area contributed by atoms with E-state index in [1.807, 2.05) is 20.1 Å². The molecule has 3 aromatic rings. The Bertz CT molecular complexity index is 1460. The number of carbonyl (C=O) groups is 2. The van der Waals surface area contributed by atoms with Gasteiger partial charge in [-0.05, 0) is 86.5 Å². The van der Waals surface area contributed by atoms with Crippen molar-refractivity contribution in [1.29, 1.82) is 0 Å². The van der Waals surface area contributed by atoms with Crippen molar-refractivity contribution in [1.82, 2.24) is 10.2 Å². The molecule has 7 nitrogen and oxygen atoms in total. The minimum absolute atomic E-state index is 0.0277. The zero-order valence-corrected chi connectivity index (χ0v) is 25.9. The fraction of sp³-hybridized carbons (Fsp3) is 0.375. The zero-order valence-electron chi connectivity index (χ0n) is 24.3. The number of nitrogens with one attached hydrogen (secondary N) is 1. The maximum Gasteiger partial charge on any atom is 0.264 e. The second-order valence-corrected chi connectivity index (χ2v) is 13.3. The highest BCUT2D eigenvalue weighted by Gasteiger charge is 2.34. The molecule has 0 aromatic heterocycles. The summed E-state index contributed by atoms with van der Waals surface area (Å²) in [6.07, 6.45) is 6.11. The molecule has 0 aliphatic heterocycles. The predicted octanol–water partition coefficient (Wildman–Crippen LogP) is 5.92. The Morgan fingerprint density at radius 1 is 0.976 bits per heavy atom. The molecule has 0 bridgehead atoms. The molecule has 0 saturated heterocycles. The number of hydrogen-bond acceptors (Lipinski definition) is 5. The number of nitrogens with zero attached hydrogens (tertiary/aromatic N) is 2. The van der Waals surface area contributed by atoms with Crippen LogP contribution in [0.5, 0.6) is 0 Å². The van der Waals surface area contributed by atoms with Crippen molar-refractivity contribution in [2.45, 2.75) is 74.4 Å². The maximum absolute atomic E-state index is 14.1. The van der Waals surface area contributed by atoms with Gasteiger partial charge in [0.05, 0.1) is 10.6 Å². The number of anilines is 1. The summed E-state index contributed by atoms with van der Waals surface area (Å²) in [4.78, 5) is 30.0. The normalized spacial score (nSPS) is 14.4. The van der Waals surface area contributed by atoms with Crippen molar-refractivity contribution >= 4 is 39.3 Å². The van der Waals surface area contributed by atoms with Crippen LogP contribution in [-0.2, 0) is 26.2 Å². The lowest BCUT2D eigenvalue weighted by molar-refractivity contribution is -0.140. The third-order valence-corrected chi connectivity index (χ3v) is 10.1. The Morgan fingerprint density at radius 2 is 1.60 bits per heavy atom. The minimum Gasteiger partial charge on any atom is -0.352 e. The highest BCUT2D eigenvalue weighted by atomic mass is 32.2. The SMILES string of the molecule is CC[C@@H](C(=O)NC1CCCC1)N(Cc1ccc(F)cc1)C(=O)CN(c1ccc(C)cc1)S(=O)(=O)c1ccc(SC)cc1. The quantitative estimate of drug-likeness (QED) is 0.257. The lowest BCUT2D eigenvalue weighted by Crippen LogP contribution is -2.53. The fourth-order valence-corrected chi connectivity index (χ4v) is 7.01. The van der Waals surface area contributed by atoms with E-state index in [9.17, 15) is 22.4 Å². The third kappa shape index (κ3) is 7.72. The van der Waals surface area contributed by atoms with Gasteiger partial charge in [-0.2, -0.15) is 0 Å². The van der Waals surface area contributed by atoms with E-state index in [4.69, 9.17) is 0 Å². The summed E-state index contributed by atoms with van der Waals surface area (Å²) in [6.45, 7) is 3.24. The van der Waals surface area contributed by atoms with Crippen LogP contribution in [0.2, 0.25) is 0 Å². The predicted molar refractivity (Wildman–Crippen MR) is 165 cm³/mol. The molecule has 1 atom stereocenters. The molecular formula is C32H38FN3O4S2. The molecule has 1 N–H and O–H groups in total. The number of halogens is 1. The molecule has 0 spiro atoms. The van der Waals surface area contributed by atoms with Gasteiger partial charge in [0.1, 0.15) is 18.4 Å². The van der Waals surface area contributed by atoms with E-state index < -0.39 is 34.3 Å². The molecule has 0 radical (unpaired) electrons. The largest absolute Gasteiger partial charge is 0.352 e. The lowest BCUT2D eigenvalue weighted by atomic mass is 10.1. The van der Waals surface area contributed by atoms with Gasteiger partial charge in [-0.3, -0.25) is 13.9 Å². The van der Waals surface area contributed by atoms with Crippen molar-refractivity contribution in [3.8, 4) is 0 Å². The summed E-state index contributed by atoms with van der Waals surface area (Å²) in [5, 5.41) is 3.09. The molecule has 1 aliphatic carbocycles. The van der Waals surface area contributed by atoms with Crippen LogP contribution in [0.4, 0.5) is 10.1 Å². The van der Waals surface area contributed by atoms with Gasteiger partial charge in [0.15, 0.2) is 0 Å². The summed E-state index contributed by atoms with van der Waals surface area (Å²) < 4.78 is 42.8. The van der Waals surface area contributed by atoms with E-state index in [0.717, 1.165) is 40.4 Å². The maximum atomic E-state index is 14.1. The van der Waals surface area contributed by atoms with Gasteiger partial charge in [-0.15, -0.1) is 11.8 Å². The van der Waals surface area contributed by atoms with Gasteiger partial charge in [0.25, 0.3) is 10.0 Å². The standard InChI is InChI=1S/C32H38FN3O4S2/c1-4-30(32(38)34-26-7-5-6-8-26)35(21-24-11-13-25(33)14-12-24)31(37)22-36(27-15-9-23(2)10-16-27)42(39,40)29-19-17-28(41-3)18-20-29/h9-20,26,30H,4-8,21-22H2,1-3H3,(H,34,38)/t30-/m0/s1. The van der Waals surface area contributed by atoms with Crippen LogP contribution in [0.25, 0.3) is 0 Å². The second kappa shape index (κ2) is 14.2.